The van der Waals surface area contributed by atoms with E-state index >= 15 is 0 Å². The summed E-state index contributed by atoms with van der Waals surface area (Å²) < 4.78 is 11.2. The predicted octanol–water partition coefficient (Wildman–Crippen LogP) is 2.51. The fourth-order valence-electron chi connectivity index (χ4n) is 3.09. The quantitative estimate of drug-likeness (QED) is 0.875. The average Bonchev–Trinajstić information content (AvgIpc) is 2.47. The number of benzene rings is 1. The number of aromatic carboxylic acids is 1. The van der Waals surface area contributed by atoms with Crippen molar-refractivity contribution in [2.45, 2.75) is 26.4 Å². The average molecular weight is 307 g/mol. The van der Waals surface area contributed by atoms with Crippen LogP contribution in [0.5, 0.6) is 5.75 Å². The van der Waals surface area contributed by atoms with Gasteiger partial charge in [-0.2, -0.15) is 0 Å². The number of carboxylic acid groups (broad SMARTS) is 1. The molecule has 5 heteroatoms. The molecule has 0 aromatic heterocycles. The maximum Gasteiger partial charge on any atom is 0.335 e. The van der Waals surface area contributed by atoms with Crippen molar-refractivity contribution >= 4 is 5.97 Å². The van der Waals surface area contributed by atoms with Gasteiger partial charge >= 0.3 is 5.97 Å². The normalized spacial score (nSPS) is 21.5. The van der Waals surface area contributed by atoms with Gasteiger partial charge in [0.25, 0.3) is 0 Å². The van der Waals surface area contributed by atoms with E-state index in [-0.39, 0.29) is 11.0 Å². The number of piperidine rings is 1. The van der Waals surface area contributed by atoms with Crippen LogP contribution in [-0.4, -0.2) is 55.4 Å². The lowest BCUT2D eigenvalue weighted by Crippen LogP contribution is -2.50. The molecule has 22 heavy (non-hydrogen) atoms. The van der Waals surface area contributed by atoms with E-state index in [1.165, 1.54) is 0 Å². The van der Waals surface area contributed by atoms with E-state index in [2.05, 4.69) is 18.7 Å². The summed E-state index contributed by atoms with van der Waals surface area (Å²) in [5, 5.41) is 8.97. The summed E-state index contributed by atoms with van der Waals surface area (Å²) in [4.78, 5) is 13.3. The minimum Gasteiger partial charge on any atom is -0.492 e. The first-order valence-electron chi connectivity index (χ1n) is 7.64. The van der Waals surface area contributed by atoms with Gasteiger partial charge in [0, 0.05) is 32.2 Å². The molecule has 0 aliphatic carbocycles. The Hall–Kier alpha value is -1.59. The zero-order valence-corrected chi connectivity index (χ0v) is 13.5. The summed E-state index contributed by atoms with van der Waals surface area (Å²) >= 11 is 0. The molecule has 1 aromatic carbocycles. The van der Waals surface area contributed by atoms with E-state index in [0.29, 0.717) is 18.5 Å². The van der Waals surface area contributed by atoms with Gasteiger partial charge in [0.1, 0.15) is 12.4 Å². The molecule has 0 bridgehead atoms. The SMILES string of the molecule is COC1CCN(CCOc2cccc(C(=O)O)c2)CC1(C)C. The van der Waals surface area contributed by atoms with Crippen molar-refractivity contribution in [2.24, 2.45) is 5.41 Å². The lowest BCUT2D eigenvalue weighted by atomic mass is 9.81. The molecule has 1 unspecified atom stereocenters. The highest BCUT2D eigenvalue weighted by Crippen LogP contribution is 2.31. The Bertz CT molecular complexity index is 515. The van der Waals surface area contributed by atoms with Gasteiger partial charge in [-0.25, -0.2) is 4.79 Å². The molecule has 1 N–H and O–H groups in total. The van der Waals surface area contributed by atoms with Crippen LogP contribution in [0.1, 0.15) is 30.6 Å². The van der Waals surface area contributed by atoms with Crippen molar-refractivity contribution in [3.8, 4) is 5.75 Å². The lowest BCUT2D eigenvalue weighted by Gasteiger charge is -2.43. The number of hydrogen-bond donors (Lipinski definition) is 1. The maximum absolute atomic E-state index is 10.9. The second-order valence-corrected chi connectivity index (χ2v) is 6.46. The van der Waals surface area contributed by atoms with Gasteiger partial charge in [0.05, 0.1) is 11.7 Å². The van der Waals surface area contributed by atoms with E-state index in [1.807, 2.05) is 0 Å². The molecule has 1 aliphatic rings. The summed E-state index contributed by atoms with van der Waals surface area (Å²) in [6.45, 7) is 7.81. The van der Waals surface area contributed by atoms with Crippen LogP contribution in [0, 0.1) is 5.41 Å². The van der Waals surface area contributed by atoms with E-state index < -0.39 is 5.97 Å². The summed E-state index contributed by atoms with van der Waals surface area (Å²) in [5.41, 5.74) is 0.385. The molecule has 1 atom stereocenters. The fourth-order valence-corrected chi connectivity index (χ4v) is 3.09. The Balaban J connectivity index is 1.82. The third-order valence-electron chi connectivity index (χ3n) is 4.25. The highest BCUT2D eigenvalue weighted by molar-refractivity contribution is 5.87. The van der Waals surface area contributed by atoms with Crippen LogP contribution in [0.25, 0.3) is 0 Å². The highest BCUT2D eigenvalue weighted by Gasteiger charge is 2.35. The van der Waals surface area contributed by atoms with Crippen LogP contribution in [0.2, 0.25) is 0 Å². The minimum atomic E-state index is -0.936. The molecule has 0 spiro atoms. The first-order chi connectivity index (χ1) is 10.4. The fraction of sp³-hybridized carbons (Fsp3) is 0.588. The van der Waals surface area contributed by atoms with Crippen molar-refractivity contribution in [2.75, 3.05) is 33.4 Å². The van der Waals surface area contributed by atoms with Crippen molar-refractivity contribution < 1.29 is 19.4 Å². The second-order valence-electron chi connectivity index (χ2n) is 6.46. The van der Waals surface area contributed by atoms with Gasteiger partial charge in [0.15, 0.2) is 0 Å². The third-order valence-corrected chi connectivity index (χ3v) is 4.25. The van der Waals surface area contributed by atoms with Crippen LogP contribution in [-0.2, 0) is 4.74 Å². The van der Waals surface area contributed by atoms with Crippen LogP contribution in [0.3, 0.4) is 0 Å². The van der Waals surface area contributed by atoms with Crippen molar-refractivity contribution in [3.05, 3.63) is 29.8 Å². The zero-order valence-electron chi connectivity index (χ0n) is 13.5. The van der Waals surface area contributed by atoms with E-state index in [0.717, 1.165) is 26.1 Å². The van der Waals surface area contributed by atoms with Crippen molar-refractivity contribution in [3.63, 3.8) is 0 Å². The Kier molecular flexibility index (Phi) is 5.42. The predicted molar refractivity (Wildman–Crippen MR) is 84.5 cm³/mol. The molecule has 1 fully saturated rings. The Labute approximate surface area is 131 Å². The minimum absolute atomic E-state index is 0.135. The number of carboxylic acids is 1. The molecular weight excluding hydrogens is 282 g/mol. The smallest absolute Gasteiger partial charge is 0.335 e. The van der Waals surface area contributed by atoms with E-state index in [4.69, 9.17) is 14.6 Å². The zero-order chi connectivity index (χ0) is 16.2. The molecular formula is C17H25NO4. The highest BCUT2D eigenvalue weighted by atomic mass is 16.5. The van der Waals surface area contributed by atoms with Gasteiger partial charge in [-0.15, -0.1) is 0 Å². The number of hydrogen-bond acceptors (Lipinski definition) is 4. The van der Waals surface area contributed by atoms with Gasteiger partial charge in [-0.3, -0.25) is 4.90 Å². The Morgan fingerprint density at radius 1 is 1.45 bits per heavy atom. The van der Waals surface area contributed by atoms with Crippen molar-refractivity contribution in [1.29, 1.82) is 0 Å². The van der Waals surface area contributed by atoms with Gasteiger partial charge in [-0.05, 0) is 24.6 Å². The van der Waals surface area contributed by atoms with Gasteiger partial charge in [0.2, 0.25) is 0 Å². The van der Waals surface area contributed by atoms with Crippen LogP contribution in [0.4, 0.5) is 0 Å². The summed E-state index contributed by atoms with van der Waals surface area (Å²) in [6.07, 6.45) is 1.33. The Morgan fingerprint density at radius 3 is 2.86 bits per heavy atom. The number of rotatable bonds is 6. The molecule has 1 aliphatic heterocycles. The van der Waals surface area contributed by atoms with Crippen LogP contribution >= 0.6 is 0 Å². The largest absolute Gasteiger partial charge is 0.492 e. The molecule has 1 aromatic rings. The monoisotopic (exact) mass is 307 g/mol. The lowest BCUT2D eigenvalue weighted by molar-refractivity contribution is -0.0530. The molecule has 2 rings (SSSR count). The summed E-state index contributed by atoms with van der Waals surface area (Å²) in [5.74, 6) is -0.334. The molecule has 1 saturated heterocycles. The molecule has 5 nitrogen and oxygen atoms in total. The number of nitrogens with zero attached hydrogens (tertiary/aromatic N) is 1. The molecule has 0 amide bonds. The van der Waals surface area contributed by atoms with Gasteiger partial charge < -0.3 is 14.6 Å². The first kappa shape index (κ1) is 16.8. The first-order valence-corrected chi connectivity index (χ1v) is 7.64. The standard InChI is InChI=1S/C17H25NO4/c1-17(2)12-18(8-7-15(17)21-3)9-10-22-14-6-4-5-13(11-14)16(19)20/h4-6,11,15H,7-10,12H2,1-3H3,(H,19,20). The van der Waals surface area contributed by atoms with Crippen molar-refractivity contribution in [1.82, 2.24) is 4.90 Å². The van der Waals surface area contributed by atoms with Crippen LogP contribution in [0.15, 0.2) is 24.3 Å². The Morgan fingerprint density at radius 2 is 2.23 bits per heavy atom. The molecule has 1 heterocycles. The molecule has 122 valence electrons. The number of methoxy groups -OCH3 is 1. The van der Waals surface area contributed by atoms with E-state index in [9.17, 15) is 4.79 Å². The number of ether oxygens (including phenoxy) is 2. The topological polar surface area (TPSA) is 59.0 Å². The van der Waals surface area contributed by atoms with E-state index in [1.54, 1.807) is 31.4 Å². The third kappa shape index (κ3) is 4.21. The van der Waals surface area contributed by atoms with Gasteiger partial charge in [-0.1, -0.05) is 19.9 Å². The second kappa shape index (κ2) is 7.11. The maximum atomic E-state index is 10.9. The summed E-state index contributed by atoms with van der Waals surface area (Å²) in [6, 6.07) is 6.61. The van der Waals surface area contributed by atoms with Crippen LogP contribution < -0.4 is 4.74 Å². The molecule has 0 radical (unpaired) electrons. The summed E-state index contributed by atoms with van der Waals surface area (Å²) in [7, 11) is 1.78. The molecule has 0 saturated carbocycles. The number of carbonyl (C=O) groups is 1. The number of likely N-dealkylation sites (tertiary alicyclic amines) is 1.